The SMILES string of the molecule is Cn1c(SCC(O)c2ccccc2)nnc1-c1ccncc1. The topological polar surface area (TPSA) is 63.8 Å². The summed E-state index contributed by atoms with van der Waals surface area (Å²) >= 11 is 1.49. The van der Waals surface area contributed by atoms with Gasteiger partial charge < -0.3 is 9.67 Å². The Morgan fingerprint density at radius 3 is 2.55 bits per heavy atom. The van der Waals surface area contributed by atoms with Gasteiger partial charge in [-0.1, -0.05) is 42.1 Å². The van der Waals surface area contributed by atoms with E-state index in [9.17, 15) is 5.11 Å². The number of pyridine rings is 1. The van der Waals surface area contributed by atoms with Gasteiger partial charge in [-0.05, 0) is 17.7 Å². The first-order chi connectivity index (χ1) is 10.8. The smallest absolute Gasteiger partial charge is 0.191 e. The summed E-state index contributed by atoms with van der Waals surface area (Å²) in [5, 5.41) is 19.4. The van der Waals surface area contributed by atoms with Crippen LogP contribution in [0.2, 0.25) is 0 Å². The molecule has 0 aliphatic carbocycles. The molecule has 2 heterocycles. The van der Waals surface area contributed by atoms with Gasteiger partial charge in [0, 0.05) is 30.8 Å². The molecule has 1 aromatic carbocycles. The van der Waals surface area contributed by atoms with E-state index in [1.54, 1.807) is 12.4 Å². The van der Waals surface area contributed by atoms with Crippen molar-refractivity contribution < 1.29 is 5.11 Å². The zero-order valence-electron chi connectivity index (χ0n) is 12.1. The predicted octanol–water partition coefficient (Wildman–Crippen LogP) is 2.70. The third-order valence-electron chi connectivity index (χ3n) is 3.33. The second kappa shape index (κ2) is 6.72. The lowest BCUT2D eigenvalue weighted by atomic mass is 10.1. The van der Waals surface area contributed by atoms with Gasteiger partial charge in [0.2, 0.25) is 0 Å². The number of aliphatic hydroxyl groups excluding tert-OH is 1. The molecule has 0 spiro atoms. The molecule has 3 rings (SSSR count). The number of benzene rings is 1. The van der Waals surface area contributed by atoms with Crippen molar-refractivity contribution in [2.24, 2.45) is 7.05 Å². The van der Waals surface area contributed by atoms with Crippen molar-refractivity contribution in [3.8, 4) is 11.4 Å². The Morgan fingerprint density at radius 1 is 1.09 bits per heavy atom. The molecule has 112 valence electrons. The molecule has 0 saturated heterocycles. The lowest BCUT2D eigenvalue weighted by molar-refractivity contribution is 0.204. The standard InChI is InChI=1S/C16H16N4OS/c1-20-15(13-7-9-17-10-8-13)18-19-16(20)22-11-14(21)12-5-3-2-4-6-12/h2-10,14,21H,11H2,1H3. The summed E-state index contributed by atoms with van der Waals surface area (Å²) in [6, 6.07) is 13.4. The number of aliphatic hydroxyl groups is 1. The van der Waals surface area contributed by atoms with Crippen LogP contribution in [0.5, 0.6) is 0 Å². The monoisotopic (exact) mass is 312 g/mol. The van der Waals surface area contributed by atoms with Gasteiger partial charge in [-0.15, -0.1) is 10.2 Å². The van der Waals surface area contributed by atoms with Crippen molar-refractivity contribution >= 4 is 11.8 Å². The maximum Gasteiger partial charge on any atom is 0.191 e. The molecule has 1 unspecified atom stereocenters. The van der Waals surface area contributed by atoms with Crippen molar-refractivity contribution in [1.82, 2.24) is 19.7 Å². The first-order valence-electron chi connectivity index (χ1n) is 6.91. The Labute approximate surface area is 133 Å². The molecule has 0 radical (unpaired) electrons. The van der Waals surface area contributed by atoms with Gasteiger partial charge in [-0.2, -0.15) is 0 Å². The van der Waals surface area contributed by atoms with E-state index in [1.807, 2.05) is 54.1 Å². The van der Waals surface area contributed by atoms with Crippen LogP contribution >= 0.6 is 11.8 Å². The zero-order valence-corrected chi connectivity index (χ0v) is 12.9. The van der Waals surface area contributed by atoms with Crippen LogP contribution in [0.3, 0.4) is 0 Å². The second-order valence-corrected chi connectivity index (χ2v) is 5.83. The third kappa shape index (κ3) is 3.18. The van der Waals surface area contributed by atoms with Crippen molar-refractivity contribution in [3.05, 3.63) is 60.4 Å². The average molecular weight is 312 g/mol. The van der Waals surface area contributed by atoms with E-state index in [2.05, 4.69) is 15.2 Å². The van der Waals surface area contributed by atoms with E-state index in [4.69, 9.17) is 0 Å². The first kappa shape index (κ1) is 14.7. The highest BCUT2D eigenvalue weighted by atomic mass is 32.2. The van der Waals surface area contributed by atoms with Crippen LogP contribution in [-0.2, 0) is 7.05 Å². The number of thioether (sulfide) groups is 1. The molecule has 1 N–H and O–H groups in total. The van der Waals surface area contributed by atoms with Gasteiger partial charge in [0.25, 0.3) is 0 Å². The van der Waals surface area contributed by atoms with Crippen molar-refractivity contribution in [1.29, 1.82) is 0 Å². The fraction of sp³-hybridized carbons (Fsp3) is 0.188. The summed E-state index contributed by atoms with van der Waals surface area (Å²) in [6.07, 6.45) is 2.94. The highest BCUT2D eigenvalue weighted by Gasteiger charge is 2.14. The summed E-state index contributed by atoms with van der Waals surface area (Å²) < 4.78 is 1.93. The van der Waals surface area contributed by atoms with Crippen molar-refractivity contribution in [2.45, 2.75) is 11.3 Å². The molecular weight excluding hydrogens is 296 g/mol. The fourth-order valence-electron chi connectivity index (χ4n) is 2.12. The van der Waals surface area contributed by atoms with Gasteiger partial charge in [0.05, 0.1) is 6.10 Å². The quantitative estimate of drug-likeness (QED) is 0.734. The molecule has 0 amide bonds. The van der Waals surface area contributed by atoms with Crippen LogP contribution in [0.15, 0.2) is 60.0 Å². The maximum atomic E-state index is 10.2. The molecule has 1 atom stereocenters. The first-order valence-corrected chi connectivity index (χ1v) is 7.90. The Kier molecular flexibility index (Phi) is 4.50. The van der Waals surface area contributed by atoms with Crippen molar-refractivity contribution in [2.75, 3.05) is 5.75 Å². The molecular formula is C16H16N4OS. The number of aromatic nitrogens is 4. The largest absolute Gasteiger partial charge is 0.388 e. The van der Waals surface area contributed by atoms with Crippen LogP contribution < -0.4 is 0 Å². The minimum absolute atomic E-state index is 0.521. The van der Waals surface area contributed by atoms with Gasteiger partial charge >= 0.3 is 0 Å². The lowest BCUT2D eigenvalue weighted by Gasteiger charge is -2.10. The van der Waals surface area contributed by atoms with Crippen LogP contribution in [-0.4, -0.2) is 30.6 Å². The molecule has 6 heteroatoms. The number of nitrogens with zero attached hydrogens (tertiary/aromatic N) is 4. The predicted molar refractivity (Wildman–Crippen MR) is 86.4 cm³/mol. The summed E-state index contributed by atoms with van der Waals surface area (Å²) in [5.41, 5.74) is 1.88. The van der Waals surface area contributed by atoms with E-state index >= 15 is 0 Å². The number of rotatable bonds is 5. The lowest BCUT2D eigenvalue weighted by Crippen LogP contribution is -2.02. The molecule has 0 fully saturated rings. The summed E-state index contributed by atoms with van der Waals surface area (Å²) in [6.45, 7) is 0. The fourth-order valence-corrected chi connectivity index (χ4v) is 3.00. The molecule has 5 nitrogen and oxygen atoms in total. The van der Waals surface area contributed by atoms with Crippen LogP contribution in [0.25, 0.3) is 11.4 Å². The van der Waals surface area contributed by atoms with Crippen LogP contribution in [0.4, 0.5) is 0 Å². The average Bonchev–Trinajstić information content (AvgIpc) is 2.95. The van der Waals surface area contributed by atoms with Gasteiger partial charge in [0.15, 0.2) is 11.0 Å². The Morgan fingerprint density at radius 2 is 1.82 bits per heavy atom. The molecule has 0 saturated carbocycles. The Balaban J connectivity index is 1.71. The van der Waals surface area contributed by atoms with E-state index in [1.165, 1.54) is 11.8 Å². The van der Waals surface area contributed by atoms with Crippen molar-refractivity contribution in [3.63, 3.8) is 0 Å². The molecule has 0 aliphatic heterocycles. The summed E-state index contributed by atoms with van der Waals surface area (Å²) in [4.78, 5) is 4.00. The highest BCUT2D eigenvalue weighted by Crippen LogP contribution is 2.26. The third-order valence-corrected chi connectivity index (χ3v) is 4.42. The van der Waals surface area contributed by atoms with Crippen LogP contribution in [0.1, 0.15) is 11.7 Å². The van der Waals surface area contributed by atoms with Gasteiger partial charge in [-0.3, -0.25) is 4.98 Å². The minimum atomic E-state index is -0.521. The zero-order chi connectivity index (χ0) is 15.4. The van der Waals surface area contributed by atoms with Crippen LogP contribution in [0, 0.1) is 0 Å². The van der Waals surface area contributed by atoms with E-state index in [-0.39, 0.29) is 0 Å². The summed E-state index contributed by atoms with van der Waals surface area (Å²) in [5.74, 6) is 1.32. The molecule has 0 aliphatic rings. The van der Waals surface area contributed by atoms with Gasteiger partial charge in [0.1, 0.15) is 0 Å². The number of hydrogen-bond donors (Lipinski definition) is 1. The van der Waals surface area contributed by atoms with E-state index in [0.717, 1.165) is 22.1 Å². The molecule has 0 bridgehead atoms. The second-order valence-electron chi connectivity index (χ2n) is 4.84. The highest BCUT2D eigenvalue weighted by molar-refractivity contribution is 7.99. The normalized spacial score (nSPS) is 12.3. The Bertz CT molecular complexity index is 730. The van der Waals surface area contributed by atoms with E-state index < -0.39 is 6.10 Å². The molecule has 3 aromatic rings. The molecule has 22 heavy (non-hydrogen) atoms. The van der Waals surface area contributed by atoms with Gasteiger partial charge in [-0.25, -0.2) is 0 Å². The summed E-state index contributed by atoms with van der Waals surface area (Å²) in [7, 11) is 1.92. The maximum absolute atomic E-state index is 10.2. The number of hydrogen-bond acceptors (Lipinski definition) is 5. The minimum Gasteiger partial charge on any atom is -0.388 e. The Hall–Kier alpha value is -2.18. The molecule has 2 aromatic heterocycles. The van der Waals surface area contributed by atoms with E-state index in [0.29, 0.717) is 5.75 Å².